The zero-order valence-electron chi connectivity index (χ0n) is 11.6. The molecule has 4 nitrogen and oxygen atoms in total. The van der Waals surface area contributed by atoms with Gasteiger partial charge in [-0.15, -0.1) is 0 Å². The van der Waals surface area contributed by atoms with Crippen molar-refractivity contribution in [2.75, 3.05) is 6.54 Å². The lowest BCUT2D eigenvalue weighted by molar-refractivity contribution is 0.0393. The summed E-state index contributed by atoms with van der Waals surface area (Å²) in [7, 11) is 0. The summed E-state index contributed by atoms with van der Waals surface area (Å²) in [5, 5.41) is 12.7. The highest BCUT2D eigenvalue weighted by Gasteiger charge is 2.26. The van der Waals surface area contributed by atoms with E-state index in [-0.39, 0.29) is 6.10 Å². The van der Waals surface area contributed by atoms with Gasteiger partial charge in [-0.3, -0.25) is 0 Å². The van der Waals surface area contributed by atoms with E-state index in [2.05, 4.69) is 27.0 Å². The van der Waals surface area contributed by atoms with E-state index < -0.39 is 0 Å². The molecule has 4 heteroatoms. The SMILES string of the molecule is OC1CC(CCNCc2nccn2-c2ccccc2)C1. The Bertz CT molecular complexity index is 532. The zero-order chi connectivity index (χ0) is 13.8. The Kier molecular flexibility index (Phi) is 4.14. The van der Waals surface area contributed by atoms with Crippen molar-refractivity contribution in [2.45, 2.75) is 31.9 Å². The molecule has 106 valence electrons. The van der Waals surface area contributed by atoms with Gasteiger partial charge in [0, 0.05) is 18.1 Å². The molecule has 0 saturated heterocycles. The lowest BCUT2D eigenvalue weighted by Gasteiger charge is -2.31. The Balaban J connectivity index is 1.50. The molecular formula is C16H21N3O. The van der Waals surface area contributed by atoms with Gasteiger partial charge in [-0.05, 0) is 43.9 Å². The Morgan fingerprint density at radius 2 is 2.05 bits per heavy atom. The summed E-state index contributed by atoms with van der Waals surface area (Å²) < 4.78 is 2.11. The van der Waals surface area contributed by atoms with E-state index in [1.165, 1.54) is 0 Å². The number of aromatic nitrogens is 2. The molecule has 1 aromatic carbocycles. The van der Waals surface area contributed by atoms with E-state index in [1.54, 1.807) is 0 Å². The topological polar surface area (TPSA) is 50.1 Å². The van der Waals surface area contributed by atoms with Gasteiger partial charge in [0.2, 0.25) is 0 Å². The molecule has 0 atom stereocenters. The molecule has 2 aromatic rings. The fourth-order valence-corrected chi connectivity index (χ4v) is 2.73. The number of aliphatic hydroxyl groups excluding tert-OH is 1. The molecule has 0 amide bonds. The van der Waals surface area contributed by atoms with Crippen molar-refractivity contribution >= 4 is 0 Å². The van der Waals surface area contributed by atoms with Crippen molar-refractivity contribution in [2.24, 2.45) is 5.92 Å². The van der Waals surface area contributed by atoms with Crippen molar-refractivity contribution in [1.29, 1.82) is 0 Å². The minimum Gasteiger partial charge on any atom is -0.393 e. The Hall–Kier alpha value is -1.65. The molecule has 1 fully saturated rings. The number of benzene rings is 1. The fourth-order valence-electron chi connectivity index (χ4n) is 2.73. The van der Waals surface area contributed by atoms with E-state index in [0.717, 1.165) is 43.9 Å². The quantitative estimate of drug-likeness (QED) is 0.791. The van der Waals surface area contributed by atoms with Crippen molar-refractivity contribution < 1.29 is 5.11 Å². The molecule has 1 saturated carbocycles. The molecule has 1 aromatic heterocycles. The number of para-hydroxylation sites is 1. The monoisotopic (exact) mass is 271 g/mol. The standard InChI is InChI=1S/C16H21N3O/c20-15-10-13(11-15)6-7-17-12-16-18-8-9-19(16)14-4-2-1-3-5-14/h1-5,8-9,13,15,17,20H,6-7,10-12H2. The van der Waals surface area contributed by atoms with E-state index in [0.29, 0.717) is 5.92 Å². The van der Waals surface area contributed by atoms with Crippen LogP contribution in [-0.4, -0.2) is 27.3 Å². The summed E-state index contributed by atoms with van der Waals surface area (Å²) in [5.74, 6) is 1.73. The van der Waals surface area contributed by atoms with Crippen LogP contribution in [0.2, 0.25) is 0 Å². The highest BCUT2D eigenvalue weighted by molar-refractivity contribution is 5.32. The number of aliphatic hydroxyl groups is 1. The highest BCUT2D eigenvalue weighted by Crippen LogP contribution is 2.29. The number of hydrogen-bond acceptors (Lipinski definition) is 3. The van der Waals surface area contributed by atoms with E-state index in [4.69, 9.17) is 0 Å². The number of nitrogens with one attached hydrogen (secondary N) is 1. The van der Waals surface area contributed by atoms with Crippen LogP contribution in [0.5, 0.6) is 0 Å². The minimum absolute atomic E-state index is 0.0445. The van der Waals surface area contributed by atoms with Gasteiger partial charge < -0.3 is 15.0 Å². The van der Waals surface area contributed by atoms with Crippen molar-refractivity contribution in [3.05, 3.63) is 48.5 Å². The van der Waals surface area contributed by atoms with Crippen molar-refractivity contribution in [3.63, 3.8) is 0 Å². The second-order valence-electron chi connectivity index (χ2n) is 5.51. The van der Waals surface area contributed by atoms with Crippen molar-refractivity contribution in [1.82, 2.24) is 14.9 Å². The Labute approximate surface area is 119 Å². The number of rotatable bonds is 6. The average molecular weight is 271 g/mol. The highest BCUT2D eigenvalue weighted by atomic mass is 16.3. The minimum atomic E-state index is -0.0445. The number of hydrogen-bond donors (Lipinski definition) is 2. The molecule has 0 radical (unpaired) electrons. The summed E-state index contributed by atoms with van der Waals surface area (Å²) in [6, 6.07) is 10.3. The third-order valence-corrected chi connectivity index (χ3v) is 3.98. The number of nitrogens with zero attached hydrogens (tertiary/aromatic N) is 2. The van der Waals surface area contributed by atoms with Crippen LogP contribution in [0.1, 0.15) is 25.1 Å². The summed E-state index contributed by atoms with van der Waals surface area (Å²) >= 11 is 0. The maximum atomic E-state index is 9.25. The molecule has 2 N–H and O–H groups in total. The third-order valence-electron chi connectivity index (χ3n) is 3.98. The van der Waals surface area contributed by atoms with Gasteiger partial charge in [0.05, 0.1) is 12.6 Å². The Morgan fingerprint density at radius 1 is 1.25 bits per heavy atom. The molecule has 0 bridgehead atoms. The maximum Gasteiger partial charge on any atom is 0.127 e. The predicted octanol–water partition coefficient (Wildman–Crippen LogP) is 2.12. The fraction of sp³-hybridized carbons (Fsp3) is 0.438. The van der Waals surface area contributed by atoms with Gasteiger partial charge in [0.25, 0.3) is 0 Å². The zero-order valence-corrected chi connectivity index (χ0v) is 11.6. The molecule has 1 aliphatic rings. The first-order valence-electron chi connectivity index (χ1n) is 7.29. The van der Waals surface area contributed by atoms with Crippen LogP contribution >= 0.6 is 0 Å². The van der Waals surface area contributed by atoms with E-state index >= 15 is 0 Å². The molecule has 0 unspecified atom stereocenters. The normalized spacial score (nSPS) is 21.6. The molecule has 0 aliphatic heterocycles. The van der Waals surface area contributed by atoms with Gasteiger partial charge in [0.1, 0.15) is 5.82 Å². The van der Waals surface area contributed by atoms with Gasteiger partial charge in [-0.25, -0.2) is 4.98 Å². The van der Waals surface area contributed by atoms with E-state index in [1.807, 2.05) is 30.6 Å². The average Bonchev–Trinajstić information content (AvgIpc) is 2.90. The molecule has 1 aliphatic carbocycles. The molecule has 20 heavy (non-hydrogen) atoms. The predicted molar refractivity (Wildman–Crippen MR) is 78.6 cm³/mol. The van der Waals surface area contributed by atoms with Gasteiger partial charge in [-0.2, -0.15) is 0 Å². The molecule has 3 rings (SSSR count). The van der Waals surface area contributed by atoms with Crippen LogP contribution < -0.4 is 5.32 Å². The first-order valence-corrected chi connectivity index (χ1v) is 7.29. The first-order chi connectivity index (χ1) is 9.83. The van der Waals surface area contributed by atoms with Crippen molar-refractivity contribution in [3.8, 4) is 5.69 Å². The Morgan fingerprint density at radius 3 is 2.80 bits per heavy atom. The molecular weight excluding hydrogens is 250 g/mol. The second-order valence-corrected chi connectivity index (χ2v) is 5.51. The number of imidazole rings is 1. The third kappa shape index (κ3) is 3.08. The smallest absolute Gasteiger partial charge is 0.127 e. The summed E-state index contributed by atoms with van der Waals surface area (Å²) in [6.45, 7) is 1.76. The lowest BCUT2D eigenvalue weighted by Crippen LogP contribution is -2.31. The summed E-state index contributed by atoms with van der Waals surface area (Å²) in [6.07, 6.45) is 6.88. The van der Waals surface area contributed by atoms with Gasteiger partial charge in [0.15, 0.2) is 0 Å². The van der Waals surface area contributed by atoms with Gasteiger partial charge >= 0.3 is 0 Å². The largest absolute Gasteiger partial charge is 0.393 e. The van der Waals surface area contributed by atoms with Crippen LogP contribution in [0, 0.1) is 5.92 Å². The second kappa shape index (κ2) is 6.20. The van der Waals surface area contributed by atoms with Crippen LogP contribution in [0.4, 0.5) is 0 Å². The van der Waals surface area contributed by atoms with E-state index in [9.17, 15) is 5.11 Å². The molecule has 0 spiro atoms. The van der Waals surface area contributed by atoms with Gasteiger partial charge in [-0.1, -0.05) is 18.2 Å². The summed E-state index contributed by atoms with van der Waals surface area (Å²) in [4.78, 5) is 4.42. The van der Waals surface area contributed by atoms with Crippen LogP contribution in [0.15, 0.2) is 42.7 Å². The lowest BCUT2D eigenvalue weighted by atomic mass is 9.80. The maximum absolute atomic E-state index is 9.25. The summed E-state index contributed by atoms with van der Waals surface area (Å²) in [5.41, 5.74) is 1.14. The van der Waals surface area contributed by atoms with Crippen LogP contribution in [-0.2, 0) is 6.54 Å². The van der Waals surface area contributed by atoms with Crippen LogP contribution in [0.25, 0.3) is 5.69 Å². The molecule has 1 heterocycles. The first kappa shape index (κ1) is 13.3. The van der Waals surface area contributed by atoms with Crippen LogP contribution in [0.3, 0.4) is 0 Å².